The van der Waals surface area contributed by atoms with Gasteiger partial charge in [0, 0.05) is 0 Å². The summed E-state index contributed by atoms with van der Waals surface area (Å²) in [5, 5.41) is 0. The first kappa shape index (κ1) is 75.7. The predicted octanol–water partition coefficient (Wildman–Crippen LogP) is 21.3. The molecule has 0 saturated heterocycles. The lowest BCUT2D eigenvalue weighted by atomic mass is 9.47. The van der Waals surface area contributed by atoms with Crippen LogP contribution in [0.25, 0.3) is 0 Å². The van der Waals surface area contributed by atoms with Crippen LogP contribution < -0.4 is 0 Å². The van der Waals surface area contributed by atoms with E-state index in [1.165, 1.54) is 135 Å². The normalized spacial score (nSPS) is 35.4. The third-order valence-corrected chi connectivity index (χ3v) is 28.2. The van der Waals surface area contributed by atoms with Crippen molar-refractivity contribution >= 4 is 29.8 Å². The van der Waals surface area contributed by atoms with Gasteiger partial charge in [-0.2, -0.15) is 0 Å². The Labute approximate surface area is 557 Å². The van der Waals surface area contributed by atoms with Crippen molar-refractivity contribution in [2.45, 2.75) is 379 Å². The molecule has 0 atom stereocenters. The lowest BCUT2D eigenvalue weighted by Crippen LogP contribution is -2.63. The van der Waals surface area contributed by atoms with Gasteiger partial charge < -0.3 is 23.7 Å². The molecule has 14 fully saturated rings. The molecule has 10 heteroatoms. The van der Waals surface area contributed by atoms with Crippen LogP contribution in [0.5, 0.6) is 0 Å². The van der Waals surface area contributed by atoms with Crippen molar-refractivity contribution in [1.82, 2.24) is 0 Å². The quantitative estimate of drug-likeness (QED) is 0.0965. The molecule has 0 N–H and O–H groups in total. The van der Waals surface area contributed by atoms with Crippen LogP contribution in [-0.2, 0) is 47.7 Å². The molecule has 12 bridgehead atoms. The van der Waals surface area contributed by atoms with E-state index in [4.69, 9.17) is 23.7 Å². The number of carbonyl (C=O) groups is 5. The summed E-state index contributed by atoms with van der Waals surface area (Å²) in [5.41, 5.74) is -2.50. The van der Waals surface area contributed by atoms with Crippen molar-refractivity contribution in [3.8, 4) is 0 Å². The summed E-state index contributed by atoms with van der Waals surface area (Å²) >= 11 is 0. The van der Waals surface area contributed by atoms with Gasteiger partial charge in [0.05, 0.1) is 27.1 Å². The van der Waals surface area contributed by atoms with Gasteiger partial charge in [0.15, 0.2) is 0 Å². The second-order valence-corrected chi connectivity index (χ2v) is 36.7. The molecule has 14 saturated carbocycles. The Bertz CT molecular complexity index is 2340. The average molecular weight is 1270 g/mol. The van der Waals surface area contributed by atoms with E-state index < -0.39 is 0 Å². The van der Waals surface area contributed by atoms with Crippen LogP contribution in [0, 0.1) is 104 Å². The Balaban J connectivity index is 0.000000163. The predicted molar refractivity (Wildman–Crippen MR) is 369 cm³/mol. The first-order chi connectivity index (χ1) is 42.4. The summed E-state index contributed by atoms with van der Waals surface area (Å²) in [7, 11) is 0. The van der Waals surface area contributed by atoms with Crippen molar-refractivity contribution < 1.29 is 47.7 Å². The van der Waals surface area contributed by atoms with Crippen LogP contribution in [0.3, 0.4) is 0 Å². The molecular formula is C81H140O10. The van der Waals surface area contributed by atoms with Crippen molar-refractivity contribution in [2.75, 3.05) is 0 Å². The van der Waals surface area contributed by atoms with Gasteiger partial charge >= 0.3 is 29.8 Å². The molecule has 0 aromatic rings. The SMILES string of the molecule is CCC(C)(C)C(=O)OC1(C(C)C)C2CC3CC(C2)CC1C3.CCC(C)(C)C(=O)OC1(C)C2CC3CC(C2)CC1C3.CCC(C)(C)C(=O)OC1(C)CCCCC1.CCC(C)(C)C(=O)OC1(CC)C2CC3CC(C2)CC1C3.CCC1(OC(=O)C(C)(C)CC)CCCCC1. The molecule has 14 aliphatic carbocycles. The van der Waals surface area contributed by atoms with Crippen LogP contribution in [0.15, 0.2) is 0 Å². The maximum Gasteiger partial charge on any atom is 0.312 e. The van der Waals surface area contributed by atoms with E-state index in [9.17, 15) is 24.0 Å². The van der Waals surface area contributed by atoms with Gasteiger partial charge in [-0.1, -0.05) is 75.2 Å². The second-order valence-electron chi connectivity index (χ2n) is 36.7. The number of hydrogen-bond donors (Lipinski definition) is 0. The standard InChI is InChI=1S/C19H32O2.C18H30O2.C17H28O2.C14H26O2.C13H24O2/c1-6-18(4,5)17(20)21-19(12(2)3)15-8-13-7-14(10-15)11-16(19)9-13;1-5-17(3,4)16(19)20-18(6-2)14-8-12-7-13(10-14)11-15(18)9-12;1-5-16(2,3)15(18)19-17(4)13-7-11-6-12(9-13)10-14(17)8-11;1-5-13(3,4)12(15)16-14(6-2)10-8-7-9-11-14;1-5-12(2,3)11(14)15-13(4)9-7-6-8-10-13/h12-16H,6-11H2,1-5H3;12-15H,5-11H2,1-4H3;11-14H,5-10H2,1-4H3;5-11H2,1-4H3;5-10H2,1-4H3. The fourth-order valence-electron chi connectivity index (χ4n) is 19.7. The number of ether oxygens (including phenoxy) is 5. The highest BCUT2D eigenvalue weighted by molar-refractivity contribution is 5.78. The Morgan fingerprint density at radius 1 is 0.341 bits per heavy atom. The molecule has 0 amide bonds. The molecule has 0 heterocycles. The largest absolute Gasteiger partial charge is 0.459 e. The molecule has 0 unspecified atom stereocenters. The lowest BCUT2D eigenvalue weighted by Gasteiger charge is -2.62. The molecule has 14 rings (SSSR count). The third-order valence-electron chi connectivity index (χ3n) is 28.2. The zero-order valence-corrected chi connectivity index (χ0v) is 62.7. The molecule has 0 radical (unpaired) electrons. The Morgan fingerprint density at radius 2 is 0.626 bits per heavy atom. The zero-order chi connectivity index (χ0) is 67.6. The van der Waals surface area contributed by atoms with Crippen LogP contribution in [0.2, 0.25) is 0 Å². The summed E-state index contributed by atoms with van der Waals surface area (Å²) < 4.78 is 30.3. The maximum absolute atomic E-state index is 12.8. The van der Waals surface area contributed by atoms with Crippen LogP contribution in [0.4, 0.5) is 0 Å². The smallest absolute Gasteiger partial charge is 0.312 e. The third kappa shape index (κ3) is 16.7. The van der Waals surface area contributed by atoms with Gasteiger partial charge in [-0.15, -0.1) is 0 Å². The van der Waals surface area contributed by atoms with Crippen LogP contribution >= 0.6 is 0 Å². The Hall–Kier alpha value is -2.65. The lowest BCUT2D eigenvalue weighted by molar-refractivity contribution is -0.231. The van der Waals surface area contributed by atoms with E-state index in [2.05, 4.69) is 62.3 Å². The van der Waals surface area contributed by atoms with Crippen molar-refractivity contribution in [3.05, 3.63) is 0 Å². The van der Waals surface area contributed by atoms with Crippen LogP contribution in [-0.4, -0.2) is 57.9 Å². The monoisotopic (exact) mass is 1270 g/mol. The second kappa shape index (κ2) is 29.6. The summed E-state index contributed by atoms with van der Waals surface area (Å²) in [6, 6.07) is 0. The van der Waals surface area contributed by atoms with E-state index in [-0.39, 0.29) is 84.9 Å². The fraction of sp³-hybridized carbons (Fsp3) is 0.938. The molecule has 10 nitrogen and oxygen atoms in total. The Kier molecular flexibility index (Phi) is 24.6. The van der Waals surface area contributed by atoms with Gasteiger partial charge in [0.25, 0.3) is 0 Å². The van der Waals surface area contributed by atoms with E-state index in [0.29, 0.717) is 41.4 Å². The first-order valence-corrected chi connectivity index (χ1v) is 38.6. The maximum atomic E-state index is 12.8. The minimum atomic E-state index is -0.351. The molecule has 0 aromatic carbocycles. The minimum Gasteiger partial charge on any atom is -0.459 e. The van der Waals surface area contributed by atoms with Crippen molar-refractivity contribution in [1.29, 1.82) is 0 Å². The van der Waals surface area contributed by atoms with E-state index in [0.717, 1.165) is 106 Å². The van der Waals surface area contributed by atoms with Crippen LogP contribution in [0.1, 0.15) is 351 Å². The zero-order valence-electron chi connectivity index (χ0n) is 62.7. The topological polar surface area (TPSA) is 132 Å². The highest BCUT2D eigenvalue weighted by Gasteiger charge is 2.63. The molecule has 91 heavy (non-hydrogen) atoms. The fourth-order valence-corrected chi connectivity index (χ4v) is 19.7. The molecule has 14 aliphatic rings. The highest BCUT2D eigenvalue weighted by atomic mass is 16.6. The van der Waals surface area contributed by atoms with E-state index in [1.807, 2.05) is 83.1 Å². The van der Waals surface area contributed by atoms with Crippen molar-refractivity contribution in [3.63, 3.8) is 0 Å². The summed E-state index contributed by atoms with van der Waals surface area (Å²) in [6.07, 6.45) is 37.6. The van der Waals surface area contributed by atoms with Gasteiger partial charge in [0.1, 0.15) is 28.0 Å². The summed E-state index contributed by atoms with van der Waals surface area (Å²) in [5.74, 6) is 9.77. The Morgan fingerprint density at radius 3 is 0.945 bits per heavy atom. The van der Waals surface area contributed by atoms with Gasteiger partial charge in [-0.05, 0) is 353 Å². The number of hydrogen-bond acceptors (Lipinski definition) is 10. The first-order valence-electron chi connectivity index (χ1n) is 38.6. The molecule has 0 spiro atoms. The summed E-state index contributed by atoms with van der Waals surface area (Å²) in [6.45, 7) is 43.5. The average Bonchev–Trinajstić information content (AvgIpc) is 0.738. The molecular weight excluding hydrogens is 1130 g/mol. The van der Waals surface area contributed by atoms with Gasteiger partial charge in [-0.3, -0.25) is 24.0 Å². The molecule has 524 valence electrons. The van der Waals surface area contributed by atoms with E-state index >= 15 is 0 Å². The molecule has 0 aliphatic heterocycles. The van der Waals surface area contributed by atoms with Crippen molar-refractivity contribution in [2.24, 2.45) is 104 Å². The highest BCUT2D eigenvalue weighted by Crippen LogP contribution is 2.64. The van der Waals surface area contributed by atoms with Gasteiger partial charge in [0.2, 0.25) is 0 Å². The number of esters is 5. The molecule has 0 aromatic heterocycles. The van der Waals surface area contributed by atoms with E-state index in [1.54, 1.807) is 0 Å². The summed E-state index contributed by atoms with van der Waals surface area (Å²) in [4.78, 5) is 61.9. The number of carbonyl (C=O) groups excluding carboxylic acids is 5. The minimum absolute atomic E-state index is 0.0150. The number of rotatable bonds is 18. The van der Waals surface area contributed by atoms with Gasteiger partial charge in [-0.25, -0.2) is 0 Å².